The third-order valence-electron chi connectivity index (χ3n) is 1.54. The predicted octanol–water partition coefficient (Wildman–Crippen LogP) is 2.37. The number of hydrogen-bond acceptors (Lipinski definition) is 2. The molecule has 0 aromatic carbocycles. The van der Waals surface area contributed by atoms with E-state index in [1.54, 1.807) is 6.92 Å². The molecule has 0 bridgehead atoms. The van der Waals surface area contributed by atoms with E-state index in [-0.39, 0.29) is 11.7 Å². The molecule has 0 aromatic heterocycles. The van der Waals surface area contributed by atoms with Gasteiger partial charge in [-0.1, -0.05) is 27.0 Å². The fraction of sp³-hybridized carbons (Fsp3) is 0.400. The van der Waals surface area contributed by atoms with Crippen LogP contribution in [0.4, 0.5) is 0 Å². The van der Waals surface area contributed by atoms with Gasteiger partial charge in [-0.05, 0) is 6.92 Å². The minimum atomic E-state index is -0.0209. The molecule has 0 atom stereocenters. The summed E-state index contributed by atoms with van der Waals surface area (Å²) in [6.07, 6.45) is 1.41. The summed E-state index contributed by atoms with van der Waals surface area (Å²) >= 11 is 0. The van der Waals surface area contributed by atoms with Gasteiger partial charge in [-0.2, -0.15) is 0 Å². The molecule has 0 aliphatic rings. The van der Waals surface area contributed by atoms with Crippen LogP contribution < -0.4 is 0 Å². The Kier molecular flexibility index (Phi) is 4.19. The van der Waals surface area contributed by atoms with Crippen LogP contribution in [-0.4, -0.2) is 11.5 Å². The summed E-state index contributed by atoms with van der Waals surface area (Å²) in [6.45, 7) is 12.6. The molecule has 2 nitrogen and oxygen atoms in total. The molecule has 0 amide bonds. The summed E-state index contributed by atoms with van der Waals surface area (Å²) in [4.78, 5) is 15.2. The molecule has 2 heteroatoms. The standard InChI is InChI=1S/C10H15NO/c1-6-11-9(5)8(4)10(12)7(2)3/h6-7H,1,4H2,2-3,5H3/b11-9-. The molecule has 0 radical (unpaired) electrons. The number of aliphatic imine (C=N–C) groups is 1. The molecule has 12 heavy (non-hydrogen) atoms. The summed E-state index contributed by atoms with van der Waals surface area (Å²) in [5.74, 6) is 0.0190. The number of ketones is 1. The first-order valence-electron chi connectivity index (χ1n) is 3.89. The summed E-state index contributed by atoms with van der Waals surface area (Å²) in [5.41, 5.74) is 1.12. The van der Waals surface area contributed by atoms with Crippen LogP contribution in [0.1, 0.15) is 20.8 Å². The fourth-order valence-electron chi connectivity index (χ4n) is 0.742. The minimum Gasteiger partial charge on any atom is -0.294 e. The Hall–Kier alpha value is -1.18. The number of Topliss-reactive ketones (excluding diaryl/α,β-unsaturated/α-hetero) is 1. The Balaban J connectivity index is 4.51. The van der Waals surface area contributed by atoms with Gasteiger partial charge in [-0.15, -0.1) is 0 Å². The van der Waals surface area contributed by atoms with Crippen LogP contribution in [0.25, 0.3) is 0 Å². The van der Waals surface area contributed by atoms with Gasteiger partial charge in [0.2, 0.25) is 0 Å². The number of allylic oxidation sites excluding steroid dienone is 1. The lowest BCUT2D eigenvalue weighted by Gasteiger charge is -2.05. The van der Waals surface area contributed by atoms with Crippen LogP contribution >= 0.6 is 0 Å². The molecule has 0 unspecified atom stereocenters. The van der Waals surface area contributed by atoms with Gasteiger partial charge in [-0.3, -0.25) is 9.79 Å². The van der Waals surface area contributed by atoms with E-state index >= 15 is 0 Å². The number of hydrogen-bond donors (Lipinski definition) is 0. The predicted molar refractivity (Wildman–Crippen MR) is 52.3 cm³/mol. The Bertz CT molecular complexity index is 236. The van der Waals surface area contributed by atoms with Crippen molar-refractivity contribution in [2.75, 3.05) is 0 Å². The molecule has 0 spiro atoms. The van der Waals surface area contributed by atoms with E-state index in [0.717, 1.165) is 0 Å². The Labute approximate surface area is 73.7 Å². The summed E-state index contributed by atoms with van der Waals surface area (Å²) in [6, 6.07) is 0. The van der Waals surface area contributed by atoms with Crippen molar-refractivity contribution in [3.8, 4) is 0 Å². The molecular formula is C10H15NO. The van der Waals surface area contributed by atoms with Crippen molar-refractivity contribution in [3.05, 3.63) is 24.9 Å². The zero-order valence-electron chi connectivity index (χ0n) is 7.92. The van der Waals surface area contributed by atoms with Gasteiger partial charge >= 0.3 is 0 Å². The van der Waals surface area contributed by atoms with Gasteiger partial charge in [0.1, 0.15) is 0 Å². The second-order valence-corrected chi connectivity index (χ2v) is 2.89. The van der Waals surface area contributed by atoms with Crippen LogP contribution in [-0.2, 0) is 4.79 Å². The molecule has 0 N–H and O–H groups in total. The lowest BCUT2D eigenvalue weighted by atomic mass is 10.00. The zero-order chi connectivity index (χ0) is 9.72. The number of carbonyl (C=O) groups is 1. The maximum absolute atomic E-state index is 11.3. The maximum Gasteiger partial charge on any atom is 0.166 e. The van der Waals surface area contributed by atoms with Crippen molar-refractivity contribution in [2.24, 2.45) is 10.9 Å². The van der Waals surface area contributed by atoms with Crippen molar-refractivity contribution < 1.29 is 4.79 Å². The molecule has 0 aliphatic heterocycles. The van der Waals surface area contributed by atoms with Crippen LogP contribution in [0, 0.1) is 5.92 Å². The molecule has 66 valence electrons. The van der Waals surface area contributed by atoms with Crippen molar-refractivity contribution in [1.82, 2.24) is 0 Å². The lowest BCUT2D eigenvalue weighted by Crippen LogP contribution is -2.14. The summed E-state index contributed by atoms with van der Waals surface area (Å²) in [7, 11) is 0. The van der Waals surface area contributed by atoms with Crippen LogP contribution in [0.5, 0.6) is 0 Å². The highest BCUT2D eigenvalue weighted by Gasteiger charge is 2.12. The topological polar surface area (TPSA) is 29.4 Å². The Morgan fingerprint density at radius 3 is 2.33 bits per heavy atom. The second-order valence-electron chi connectivity index (χ2n) is 2.89. The van der Waals surface area contributed by atoms with Gasteiger partial charge < -0.3 is 0 Å². The van der Waals surface area contributed by atoms with E-state index < -0.39 is 0 Å². The number of carbonyl (C=O) groups excluding carboxylic acids is 1. The first-order valence-corrected chi connectivity index (χ1v) is 3.89. The first-order chi connectivity index (χ1) is 5.50. The Morgan fingerprint density at radius 1 is 1.50 bits per heavy atom. The van der Waals surface area contributed by atoms with Crippen LogP contribution in [0.15, 0.2) is 29.9 Å². The Morgan fingerprint density at radius 2 is 2.00 bits per heavy atom. The maximum atomic E-state index is 11.3. The van der Waals surface area contributed by atoms with Gasteiger partial charge in [0.25, 0.3) is 0 Å². The molecule has 0 saturated carbocycles. The molecule has 0 saturated heterocycles. The highest BCUT2D eigenvalue weighted by molar-refractivity contribution is 6.21. The summed E-state index contributed by atoms with van der Waals surface area (Å²) < 4.78 is 0. The number of rotatable bonds is 4. The van der Waals surface area contributed by atoms with Gasteiger partial charge in [0.15, 0.2) is 5.78 Å². The van der Waals surface area contributed by atoms with Crippen molar-refractivity contribution in [3.63, 3.8) is 0 Å². The van der Waals surface area contributed by atoms with E-state index in [0.29, 0.717) is 11.3 Å². The minimum absolute atomic E-state index is 0.0209. The average Bonchev–Trinajstić information content (AvgIpc) is 2.02. The zero-order valence-corrected chi connectivity index (χ0v) is 7.92. The largest absolute Gasteiger partial charge is 0.294 e. The fourth-order valence-corrected chi connectivity index (χ4v) is 0.742. The SMILES string of the molecule is C=C/N=C(/C)C(=C)C(=O)C(C)C. The van der Waals surface area contributed by atoms with Crippen molar-refractivity contribution >= 4 is 11.5 Å². The number of nitrogens with zero attached hydrogens (tertiary/aromatic N) is 1. The highest BCUT2D eigenvalue weighted by atomic mass is 16.1. The third-order valence-corrected chi connectivity index (χ3v) is 1.54. The van der Waals surface area contributed by atoms with Crippen molar-refractivity contribution in [1.29, 1.82) is 0 Å². The first kappa shape index (κ1) is 10.8. The van der Waals surface area contributed by atoms with Crippen LogP contribution in [0.3, 0.4) is 0 Å². The molecule has 0 rings (SSSR count). The third kappa shape index (κ3) is 2.82. The van der Waals surface area contributed by atoms with Gasteiger partial charge in [-0.25, -0.2) is 0 Å². The lowest BCUT2D eigenvalue weighted by molar-refractivity contribution is -0.117. The average molecular weight is 165 g/mol. The highest BCUT2D eigenvalue weighted by Crippen LogP contribution is 2.05. The van der Waals surface area contributed by atoms with E-state index in [1.807, 2.05) is 13.8 Å². The second kappa shape index (κ2) is 4.65. The quantitative estimate of drug-likeness (QED) is 0.464. The van der Waals surface area contributed by atoms with Gasteiger partial charge in [0, 0.05) is 23.4 Å². The van der Waals surface area contributed by atoms with E-state index in [9.17, 15) is 4.79 Å². The summed E-state index contributed by atoms with van der Waals surface area (Å²) in [5, 5.41) is 0. The van der Waals surface area contributed by atoms with E-state index in [1.165, 1.54) is 6.20 Å². The molecule has 0 fully saturated rings. The van der Waals surface area contributed by atoms with Crippen LogP contribution in [0.2, 0.25) is 0 Å². The molecular weight excluding hydrogens is 150 g/mol. The van der Waals surface area contributed by atoms with E-state index in [4.69, 9.17) is 0 Å². The smallest absolute Gasteiger partial charge is 0.166 e. The van der Waals surface area contributed by atoms with E-state index in [2.05, 4.69) is 18.2 Å². The molecule has 0 aromatic rings. The molecule has 0 heterocycles. The molecule has 0 aliphatic carbocycles. The normalized spacial score (nSPS) is 11.5. The monoisotopic (exact) mass is 165 g/mol. The van der Waals surface area contributed by atoms with Crippen molar-refractivity contribution in [2.45, 2.75) is 20.8 Å². The van der Waals surface area contributed by atoms with Gasteiger partial charge in [0.05, 0.1) is 0 Å².